The fraction of sp³-hybridized carbons (Fsp3) is 0.300. The van der Waals surface area contributed by atoms with Crippen molar-refractivity contribution in [3.8, 4) is 0 Å². The summed E-state index contributed by atoms with van der Waals surface area (Å²) in [6.07, 6.45) is 3.69. The minimum Gasteiger partial charge on any atom is -0.480 e. The van der Waals surface area contributed by atoms with E-state index < -0.39 is 29.5 Å². The van der Waals surface area contributed by atoms with E-state index in [1.54, 1.807) is 6.92 Å². The highest BCUT2D eigenvalue weighted by atomic mass is 16.4. The van der Waals surface area contributed by atoms with Gasteiger partial charge in [-0.25, -0.2) is 0 Å². The first-order chi connectivity index (χ1) is 6.93. The van der Waals surface area contributed by atoms with Crippen LogP contribution in [0.4, 0.5) is 0 Å². The quantitative estimate of drug-likeness (QED) is 0.490. The second-order valence-corrected chi connectivity index (χ2v) is 3.36. The van der Waals surface area contributed by atoms with Crippen LogP contribution in [-0.2, 0) is 14.4 Å². The van der Waals surface area contributed by atoms with Crippen molar-refractivity contribution in [1.29, 1.82) is 0 Å². The standard InChI is InChI=1S/C10H11NO4/c1-5(9(11)10(14)15)6-2-3-7(12)8(13)4-6/h2-5,9H,11H2,1H3,(H,14,15)/t5?,9-/m0/s1. The monoisotopic (exact) mass is 209 g/mol. The first-order valence-electron chi connectivity index (χ1n) is 4.40. The molecule has 0 aliphatic heterocycles. The van der Waals surface area contributed by atoms with Gasteiger partial charge in [-0.2, -0.15) is 0 Å². The van der Waals surface area contributed by atoms with Crippen molar-refractivity contribution in [2.24, 2.45) is 11.7 Å². The average molecular weight is 209 g/mol. The Hall–Kier alpha value is -1.75. The van der Waals surface area contributed by atoms with Crippen molar-refractivity contribution in [1.82, 2.24) is 0 Å². The zero-order valence-electron chi connectivity index (χ0n) is 8.14. The van der Waals surface area contributed by atoms with E-state index in [1.807, 2.05) is 0 Å². The third-order valence-corrected chi connectivity index (χ3v) is 2.32. The van der Waals surface area contributed by atoms with Gasteiger partial charge in [0.05, 0.1) is 0 Å². The molecule has 15 heavy (non-hydrogen) atoms. The molecule has 0 spiro atoms. The number of carbonyl (C=O) groups is 3. The van der Waals surface area contributed by atoms with Gasteiger partial charge in [0.25, 0.3) is 0 Å². The van der Waals surface area contributed by atoms with Gasteiger partial charge >= 0.3 is 5.97 Å². The van der Waals surface area contributed by atoms with Gasteiger partial charge in [-0.15, -0.1) is 0 Å². The molecule has 1 unspecified atom stereocenters. The molecule has 0 radical (unpaired) electrons. The number of nitrogens with two attached hydrogens (primary N) is 1. The average Bonchev–Trinajstić information content (AvgIpc) is 2.19. The topological polar surface area (TPSA) is 97.5 Å². The van der Waals surface area contributed by atoms with Gasteiger partial charge in [-0.3, -0.25) is 14.4 Å². The molecule has 3 N–H and O–H groups in total. The highest BCUT2D eigenvalue weighted by Gasteiger charge is 2.25. The smallest absolute Gasteiger partial charge is 0.321 e. The van der Waals surface area contributed by atoms with Crippen LogP contribution in [0.25, 0.3) is 0 Å². The molecule has 0 aromatic heterocycles. The van der Waals surface area contributed by atoms with Gasteiger partial charge in [-0.1, -0.05) is 13.0 Å². The van der Waals surface area contributed by atoms with E-state index >= 15 is 0 Å². The number of hydrogen-bond acceptors (Lipinski definition) is 4. The zero-order valence-corrected chi connectivity index (χ0v) is 8.14. The van der Waals surface area contributed by atoms with Gasteiger partial charge in [0.1, 0.15) is 6.04 Å². The van der Waals surface area contributed by atoms with Crippen molar-refractivity contribution < 1.29 is 19.5 Å². The predicted octanol–water partition coefficient (Wildman–Crippen LogP) is -0.331. The summed E-state index contributed by atoms with van der Waals surface area (Å²) in [5.41, 5.74) is 5.87. The van der Waals surface area contributed by atoms with Gasteiger partial charge in [0, 0.05) is 5.92 Å². The molecule has 0 bridgehead atoms. The van der Waals surface area contributed by atoms with Crippen LogP contribution < -0.4 is 5.73 Å². The van der Waals surface area contributed by atoms with E-state index in [9.17, 15) is 14.4 Å². The molecule has 1 rings (SSSR count). The van der Waals surface area contributed by atoms with Crippen LogP contribution in [0.2, 0.25) is 0 Å². The molecule has 1 aliphatic rings. The Morgan fingerprint density at radius 2 is 1.93 bits per heavy atom. The highest BCUT2D eigenvalue weighted by Crippen LogP contribution is 2.18. The molecule has 2 atom stereocenters. The van der Waals surface area contributed by atoms with Crippen molar-refractivity contribution in [2.45, 2.75) is 13.0 Å². The van der Waals surface area contributed by atoms with E-state index in [4.69, 9.17) is 10.8 Å². The number of carboxylic acids is 1. The second-order valence-electron chi connectivity index (χ2n) is 3.36. The lowest BCUT2D eigenvalue weighted by atomic mass is 9.89. The van der Waals surface area contributed by atoms with Crippen LogP contribution in [0.1, 0.15) is 6.92 Å². The Kier molecular flexibility index (Phi) is 3.16. The fourth-order valence-corrected chi connectivity index (χ4v) is 1.23. The molecule has 0 saturated carbocycles. The highest BCUT2D eigenvalue weighted by molar-refractivity contribution is 6.46. The van der Waals surface area contributed by atoms with E-state index in [2.05, 4.69) is 0 Å². The molecule has 5 nitrogen and oxygen atoms in total. The second kappa shape index (κ2) is 4.18. The van der Waals surface area contributed by atoms with Crippen LogP contribution in [0.5, 0.6) is 0 Å². The molecule has 0 aromatic carbocycles. The third kappa shape index (κ3) is 2.38. The summed E-state index contributed by atoms with van der Waals surface area (Å²) < 4.78 is 0. The van der Waals surface area contributed by atoms with Crippen molar-refractivity contribution in [3.05, 3.63) is 23.8 Å². The minimum atomic E-state index is -1.14. The number of carbonyl (C=O) groups excluding carboxylic acids is 2. The SMILES string of the molecule is CC(C1=CC(=O)C(=O)C=C1)[C@H](N)C(=O)O. The lowest BCUT2D eigenvalue weighted by molar-refractivity contribution is -0.139. The summed E-state index contributed by atoms with van der Waals surface area (Å²) in [7, 11) is 0. The first-order valence-corrected chi connectivity index (χ1v) is 4.40. The Bertz CT molecular complexity index is 381. The van der Waals surface area contributed by atoms with Crippen LogP contribution in [0.15, 0.2) is 23.8 Å². The third-order valence-electron chi connectivity index (χ3n) is 2.32. The Morgan fingerprint density at radius 1 is 1.33 bits per heavy atom. The van der Waals surface area contributed by atoms with Gasteiger partial charge in [0.2, 0.25) is 11.6 Å². The van der Waals surface area contributed by atoms with E-state index in [0.717, 1.165) is 12.2 Å². The summed E-state index contributed by atoms with van der Waals surface area (Å²) in [6, 6.07) is -1.08. The molecule has 0 aromatic rings. The number of carboxylic acid groups (broad SMARTS) is 1. The lowest BCUT2D eigenvalue weighted by Crippen LogP contribution is -2.37. The maximum absolute atomic E-state index is 11.0. The van der Waals surface area contributed by atoms with E-state index in [-0.39, 0.29) is 0 Å². The molecule has 0 heterocycles. The molecular formula is C10H11NO4. The first kappa shape index (κ1) is 11.3. The number of allylic oxidation sites excluding steroid dienone is 3. The number of ketones is 2. The summed E-state index contributed by atoms with van der Waals surface area (Å²) >= 11 is 0. The van der Waals surface area contributed by atoms with Crippen molar-refractivity contribution in [3.63, 3.8) is 0 Å². The molecule has 0 fully saturated rings. The van der Waals surface area contributed by atoms with Gasteiger partial charge in [-0.05, 0) is 17.7 Å². The van der Waals surface area contributed by atoms with Crippen molar-refractivity contribution in [2.75, 3.05) is 0 Å². The number of rotatable bonds is 3. The summed E-state index contributed by atoms with van der Waals surface area (Å²) in [4.78, 5) is 32.5. The Morgan fingerprint density at radius 3 is 2.40 bits per heavy atom. The summed E-state index contributed by atoms with van der Waals surface area (Å²) in [5.74, 6) is -2.89. The molecule has 80 valence electrons. The van der Waals surface area contributed by atoms with Gasteiger partial charge in [0.15, 0.2) is 0 Å². The van der Waals surface area contributed by atoms with Gasteiger partial charge < -0.3 is 10.8 Å². The summed E-state index contributed by atoms with van der Waals surface area (Å²) in [6.45, 7) is 1.60. The predicted molar refractivity (Wildman–Crippen MR) is 52.0 cm³/mol. The van der Waals surface area contributed by atoms with Crippen LogP contribution >= 0.6 is 0 Å². The van der Waals surface area contributed by atoms with E-state index in [1.165, 1.54) is 6.08 Å². The fourth-order valence-electron chi connectivity index (χ4n) is 1.23. The minimum absolute atomic E-state index is 0.467. The normalized spacial score (nSPS) is 19.7. The van der Waals surface area contributed by atoms with Crippen LogP contribution in [0, 0.1) is 5.92 Å². The number of hydrogen-bond donors (Lipinski definition) is 2. The van der Waals surface area contributed by atoms with Crippen LogP contribution in [-0.4, -0.2) is 28.7 Å². The molecule has 5 heteroatoms. The summed E-state index contributed by atoms with van der Waals surface area (Å²) in [5, 5.41) is 8.67. The zero-order chi connectivity index (χ0) is 11.6. The molecule has 1 aliphatic carbocycles. The lowest BCUT2D eigenvalue weighted by Gasteiger charge is -2.18. The molecule has 0 amide bonds. The van der Waals surface area contributed by atoms with Crippen molar-refractivity contribution >= 4 is 17.5 Å². The Balaban J connectivity index is 2.87. The molecular weight excluding hydrogens is 198 g/mol. The Labute approximate surface area is 86.3 Å². The van der Waals surface area contributed by atoms with E-state index in [0.29, 0.717) is 5.57 Å². The number of aliphatic carboxylic acids is 1. The maximum Gasteiger partial charge on any atom is 0.321 e. The molecule has 0 saturated heterocycles. The maximum atomic E-state index is 11.0. The van der Waals surface area contributed by atoms with Crippen LogP contribution in [0.3, 0.4) is 0 Å². The largest absolute Gasteiger partial charge is 0.480 e.